The van der Waals surface area contributed by atoms with Crippen molar-refractivity contribution in [3.63, 3.8) is 0 Å². The summed E-state index contributed by atoms with van der Waals surface area (Å²) in [6.07, 6.45) is 9.25. The van der Waals surface area contributed by atoms with Gasteiger partial charge in [0.2, 0.25) is 5.91 Å². The summed E-state index contributed by atoms with van der Waals surface area (Å²) in [6.45, 7) is 0.443. The van der Waals surface area contributed by atoms with Crippen molar-refractivity contribution in [3.05, 3.63) is 30.1 Å². The van der Waals surface area contributed by atoms with Crippen LogP contribution in [0.15, 0.2) is 24.5 Å². The van der Waals surface area contributed by atoms with Crippen LogP contribution in [0.3, 0.4) is 0 Å². The highest BCUT2D eigenvalue weighted by molar-refractivity contribution is 5.94. The number of aliphatic hydroxyl groups is 1. The number of carbonyl (C=O) groups excluding carboxylic acids is 2. The lowest BCUT2D eigenvalue weighted by molar-refractivity contribution is -0.125. The van der Waals surface area contributed by atoms with Crippen LogP contribution in [0.25, 0.3) is 0 Å². The van der Waals surface area contributed by atoms with E-state index in [1.807, 2.05) is 0 Å². The Kier molecular flexibility index (Phi) is 7.18. The molecule has 148 valence electrons. The lowest BCUT2D eigenvalue weighted by atomic mass is 9.96. The molecule has 0 spiro atoms. The lowest BCUT2D eigenvalue weighted by Gasteiger charge is -2.36. The summed E-state index contributed by atoms with van der Waals surface area (Å²) < 4.78 is 5.96. The number of nitrogens with one attached hydrogen (secondary N) is 2. The van der Waals surface area contributed by atoms with Gasteiger partial charge in [-0.25, -0.2) is 0 Å². The van der Waals surface area contributed by atoms with Gasteiger partial charge in [0.15, 0.2) is 0 Å². The van der Waals surface area contributed by atoms with Crippen molar-refractivity contribution in [2.45, 2.75) is 63.2 Å². The molecule has 1 saturated heterocycles. The summed E-state index contributed by atoms with van der Waals surface area (Å²) in [5.74, 6) is 0.145. The van der Waals surface area contributed by atoms with E-state index in [0.29, 0.717) is 12.1 Å². The Bertz CT molecular complexity index is 619. The fourth-order valence-corrected chi connectivity index (χ4v) is 3.95. The Hall–Kier alpha value is -1.99. The molecule has 1 aromatic rings. The first kappa shape index (κ1) is 19.8. The average molecular weight is 375 g/mol. The lowest BCUT2D eigenvalue weighted by Crippen LogP contribution is -2.51. The first-order valence-corrected chi connectivity index (χ1v) is 9.92. The number of aromatic nitrogens is 1. The minimum absolute atomic E-state index is 0.0138. The molecule has 0 unspecified atom stereocenters. The number of hydrogen-bond acceptors (Lipinski definition) is 5. The van der Waals surface area contributed by atoms with E-state index < -0.39 is 6.10 Å². The molecule has 7 nitrogen and oxygen atoms in total. The third kappa shape index (κ3) is 5.49. The van der Waals surface area contributed by atoms with Gasteiger partial charge in [0.25, 0.3) is 5.91 Å². The van der Waals surface area contributed by atoms with Crippen LogP contribution < -0.4 is 10.6 Å². The minimum Gasteiger partial charge on any atom is -0.394 e. The van der Waals surface area contributed by atoms with Gasteiger partial charge in [0.05, 0.1) is 18.8 Å². The van der Waals surface area contributed by atoms with Crippen molar-refractivity contribution in [1.29, 1.82) is 0 Å². The molecule has 1 saturated carbocycles. The molecule has 3 rings (SSSR count). The van der Waals surface area contributed by atoms with Crippen LogP contribution in [0.1, 0.15) is 55.3 Å². The van der Waals surface area contributed by atoms with Crippen molar-refractivity contribution >= 4 is 11.8 Å². The molecular weight excluding hydrogens is 346 g/mol. The molecule has 1 aromatic heterocycles. The second-order valence-corrected chi connectivity index (χ2v) is 7.43. The molecule has 7 heteroatoms. The van der Waals surface area contributed by atoms with Crippen LogP contribution in [0.4, 0.5) is 0 Å². The third-order valence-corrected chi connectivity index (χ3v) is 5.55. The van der Waals surface area contributed by atoms with Gasteiger partial charge in [-0.05, 0) is 44.2 Å². The van der Waals surface area contributed by atoms with Crippen LogP contribution in [0, 0.1) is 5.92 Å². The van der Waals surface area contributed by atoms with E-state index >= 15 is 0 Å². The normalized spacial score (nSPS) is 25.9. The third-order valence-electron chi connectivity index (χ3n) is 5.55. The first-order chi connectivity index (χ1) is 13.2. The molecule has 1 aliphatic carbocycles. The summed E-state index contributed by atoms with van der Waals surface area (Å²) in [5, 5.41) is 15.6. The highest BCUT2D eigenvalue weighted by atomic mass is 16.5. The molecule has 2 aliphatic rings. The molecule has 0 aromatic carbocycles. The second kappa shape index (κ2) is 9.80. The number of amides is 2. The Balaban J connectivity index is 1.42. The van der Waals surface area contributed by atoms with Gasteiger partial charge in [0.1, 0.15) is 6.10 Å². The van der Waals surface area contributed by atoms with Crippen molar-refractivity contribution in [2.24, 2.45) is 5.92 Å². The van der Waals surface area contributed by atoms with Gasteiger partial charge < -0.3 is 20.5 Å². The highest BCUT2D eigenvalue weighted by Gasteiger charge is 2.32. The Morgan fingerprint density at radius 3 is 2.59 bits per heavy atom. The summed E-state index contributed by atoms with van der Waals surface area (Å²) in [7, 11) is 0. The predicted octanol–water partition coefficient (Wildman–Crippen LogP) is 1.42. The number of aliphatic hydroxyl groups excluding tert-OH is 1. The van der Waals surface area contributed by atoms with Crippen molar-refractivity contribution in [2.75, 3.05) is 13.2 Å². The molecule has 2 fully saturated rings. The van der Waals surface area contributed by atoms with Crippen LogP contribution in [-0.2, 0) is 9.53 Å². The van der Waals surface area contributed by atoms with Gasteiger partial charge in [-0.2, -0.15) is 0 Å². The second-order valence-electron chi connectivity index (χ2n) is 7.43. The van der Waals surface area contributed by atoms with Crippen LogP contribution in [-0.4, -0.2) is 53.3 Å². The van der Waals surface area contributed by atoms with E-state index in [1.54, 1.807) is 24.5 Å². The van der Waals surface area contributed by atoms with Gasteiger partial charge in [-0.15, -0.1) is 0 Å². The fourth-order valence-electron chi connectivity index (χ4n) is 3.95. The van der Waals surface area contributed by atoms with E-state index in [-0.39, 0.29) is 36.5 Å². The van der Waals surface area contributed by atoms with Crippen LogP contribution in [0.5, 0.6) is 0 Å². The molecule has 2 amide bonds. The summed E-state index contributed by atoms with van der Waals surface area (Å²) in [6, 6.07) is 3.09. The molecule has 1 aliphatic heterocycles. The average Bonchev–Trinajstić information content (AvgIpc) is 3.24. The number of carbonyl (C=O) groups is 2. The molecule has 0 bridgehead atoms. The SMILES string of the molecule is O=C(N[C@@H]1CC[C@@H](CCNC(=O)C2CCCC2)O[C@@H]1CO)c1ccncc1. The fraction of sp³-hybridized carbons (Fsp3) is 0.650. The quantitative estimate of drug-likeness (QED) is 0.669. The van der Waals surface area contributed by atoms with Crippen LogP contribution in [0.2, 0.25) is 0 Å². The monoisotopic (exact) mass is 375 g/mol. The number of pyridine rings is 1. The van der Waals surface area contributed by atoms with Gasteiger partial charge in [-0.1, -0.05) is 12.8 Å². The van der Waals surface area contributed by atoms with Gasteiger partial charge in [0, 0.05) is 30.4 Å². The zero-order valence-corrected chi connectivity index (χ0v) is 15.6. The Labute approximate surface area is 159 Å². The largest absolute Gasteiger partial charge is 0.394 e. The zero-order chi connectivity index (χ0) is 19.1. The highest BCUT2D eigenvalue weighted by Crippen LogP contribution is 2.25. The maximum absolute atomic E-state index is 12.3. The van der Waals surface area contributed by atoms with Crippen molar-refractivity contribution in [1.82, 2.24) is 15.6 Å². The predicted molar refractivity (Wildman–Crippen MR) is 100 cm³/mol. The molecule has 3 N–H and O–H groups in total. The van der Waals surface area contributed by atoms with Crippen molar-refractivity contribution < 1.29 is 19.4 Å². The topological polar surface area (TPSA) is 101 Å². The minimum atomic E-state index is -0.430. The van der Waals surface area contributed by atoms with E-state index in [2.05, 4.69) is 15.6 Å². The summed E-state index contributed by atoms with van der Waals surface area (Å²) in [5.41, 5.74) is 0.540. The molecule has 0 radical (unpaired) electrons. The molecule has 2 heterocycles. The number of nitrogens with zero attached hydrogens (tertiary/aromatic N) is 1. The maximum atomic E-state index is 12.3. The zero-order valence-electron chi connectivity index (χ0n) is 15.6. The van der Waals surface area contributed by atoms with Gasteiger partial charge in [-0.3, -0.25) is 14.6 Å². The Morgan fingerprint density at radius 2 is 1.89 bits per heavy atom. The molecular formula is C20H29N3O4. The standard InChI is InChI=1S/C20H29N3O4/c24-13-18-17(23-20(26)15-7-10-21-11-8-15)6-5-16(27-18)9-12-22-19(25)14-3-1-2-4-14/h7-8,10-11,14,16-18,24H,1-6,9,12-13H2,(H,22,25)(H,23,26)/t16-,17+,18+/m0/s1. The smallest absolute Gasteiger partial charge is 0.251 e. The van der Waals surface area contributed by atoms with E-state index in [9.17, 15) is 14.7 Å². The maximum Gasteiger partial charge on any atom is 0.251 e. The first-order valence-electron chi connectivity index (χ1n) is 9.92. The van der Waals surface area contributed by atoms with E-state index in [4.69, 9.17) is 4.74 Å². The van der Waals surface area contributed by atoms with E-state index in [0.717, 1.165) is 44.9 Å². The van der Waals surface area contributed by atoms with E-state index in [1.165, 1.54) is 0 Å². The number of ether oxygens (including phenoxy) is 1. The molecule has 27 heavy (non-hydrogen) atoms. The number of rotatable bonds is 7. The van der Waals surface area contributed by atoms with Crippen molar-refractivity contribution in [3.8, 4) is 0 Å². The Morgan fingerprint density at radius 1 is 1.15 bits per heavy atom. The summed E-state index contributed by atoms with van der Waals surface area (Å²) >= 11 is 0. The molecule has 3 atom stereocenters. The van der Waals surface area contributed by atoms with Gasteiger partial charge >= 0.3 is 0 Å². The van der Waals surface area contributed by atoms with Crippen LogP contribution >= 0.6 is 0 Å². The summed E-state index contributed by atoms with van der Waals surface area (Å²) in [4.78, 5) is 28.3. The number of hydrogen-bond donors (Lipinski definition) is 3.